The third kappa shape index (κ3) is 11.8. The predicted molar refractivity (Wildman–Crippen MR) is 204 cm³/mol. The molecule has 0 spiro atoms. The summed E-state index contributed by atoms with van der Waals surface area (Å²) in [5, 5.41) is 21.5. The maximum atomic E-state index is 11.1. The van der Waals surface area contributed by atoms with E-state index in [1.54, 1.807) is 12.1 Å². The van der Waals surface area contributed by atoms with Crippen LogP contribution < -0.4 is 4.74 Å². The SMILES string of the molecule is Cc1ccc(-c2nc(-c3ccc(C)cc3C)nc(-c3ccc(OCC(O)COCCCCCCCCCCCCI)cc3O)n2)c(C)c1. The lowest BCUT2D eigenvalue weighted by molar-refractivity contribution is 0.0109. The van der Waals surface area contributed by atoms with Gasteiger partial charge in [-0.1, -0.05) is 121 Å². The number of aromatic hydroxyl groups is 1. The minimum absolute atomic E-state index is 0.0150. The number of alkyl halides is 1. The Morgan fingerprint density at radius 2 is 1.08 bits per heavy atom. The summed E-state index contributed by atoms with van der Waals surface area (Å²) in [7, 11) is 0. The zero-order valence-corrected chi connectivity index (χ0v) is 31.3. The van der Waals surface area contributed by atoms with Crippen LogP contribution in [0.3, 0.4) is 0 Å². The highest BCUT2D eigenvalue weighted by Crippen LogP contribution is 2.34. The smallest absolute Gasteiger partial charge is 0.167 e. The van der Waals surface area contributed by atoms with Crippen LogP contribution in [0.2, 0.25) is 0 Å². The lowest BCUT2D eigenvalue weighted by Gasteiger charge is -2.14. The summed E-state index contributed by atoms with van der Waals surface area (Å²) in [6, 6.07) is 17.4. The third-order valence-electron chi connectivity index (χ3n) is 8.52. The molecule has 48 heavy (non-hydrogen) atoms. The van der Waals surface area contributed by atoms with Gasteiger partial charge in [-0.3, -0.25) is 0 Å². The van der Waals surface area contributed by atoms with Gasteiger partial charge >= 0.3 is 0 Å². The monoisotopic (exact) mass is 765 g/mol. The molecule has 0 aliphatic rings. The third-order valence-corrected chi connectivity index (χ3v) is 9.28. The molecule has 0 fully saturated rings. The van der Waals surface area contributed by atoms with Crippen molar-refractivity contribution in [2.45, 2.75) is 98.0 Å². The summed E-state index contributed by atoms with van der Waals surface area (Å²) in [5.74, 6) is 1.89. The number of unbranched alkanes of at least 4 members (excludes halogenated alkanes) is 9. The lowest BCUT2D eigenvalue weighted by atomic mass is 10.0. The number of benzene rings is 3. The van der Waals surface area contributed by atoms with Crippen LogP contribution in [0.15, 0.2) is 54.6 Å². The fourth-order valence-corrected chi connectivity index (χ4v) is 6.37. The van der Waals surface area contributed by atoms with Gasteiger partial charge in [-0.2, -0.15) is 0 Å². The van der Waals surface area contributed by atoms with E-state index in [1.165, 1.54) is 61.9 Å². The first-order valence-electron chi connectivity index (χ1n) is 17.4. The quantitative estimate of drug-likeness (QED) is 0.0525. The molecule has 0 bridgehead atoms. The Bertz CT molecular complexity index is 1530. The average molecular weight is 766 g/mol. The lowest BCUT2D eigenvalue weighted by Crippen LogP contribution is -2.23. The number of aliphatic hydroxyl groups excluding tert-OH is 1. The maximum Gasteiger partial charge on any atom is 0.167 e. The molecule has 0 amide bonds. The summed E-state index contributed by atoms with van der Waals surface area (Å²) in [4.78, 5) is 14.5. The Morgan fingerprint density at radius 3 is 1.58 bits per heavy atom. The molecule has 0 saturated carbocycles. The molecule has 0 radical (unpaired) electrons. The Hall–Kier alpha value is -3.08. The molecule has 1 unspecified atom stereocenters. The second kappa shape index (κ2) is 19.8. The highest BCUT2D eigenvalue weighted by Gasteiger charge is 2.18. The van der Waals surface area contributed by atoms with Gasteiger partial charge in [0.2, 0.25) is 0 Å². The first kappa shape index (κ1) is 37.7. The van der Waals surface area contributed by atoms with Crippen LogP contribution in [-0.4, -0.2) is 55.5 Å². The Balaban J connectivity index is 1.31. The molecular weight excluding hydrogens is 713 g/mol. The topological polar surface area (TPSA) is 97.6 Å². The summed E-state index contributed by atoms with van der Waals surface area (Å²) < 4.78 is 12.8. The van der Waals surface area contributed by atoms with Crippen LogP contribution in [0.1, 0.15) is 86.5 Å². The van der Waals surface area contributed by atoms with Crippen LogP contribution in [0.4, 0.5) is 0 Å². The van der Waals surface area contributed by atoms with Crippen molar-refractivity contribution in [3.05, 3.63) is 76.9 Å². The second-order valence-electron chi connectivity index (χ2n) is 12.9. The molecule has 4 aromatic rings. The van der Waals surface area contributed by atoms with Crippen molar-refractivity contribution < 1.29 is 19.7 Å². The summed E-state index contributed by atoms with van der Waals surface area (Å²) in [6.07, 6.45) is 12.1. The summed E-state index contributed by atoms with van der Waals surface area (Å²) in [6.45, 7) is 9.14. The summed E-state index contributed by atoms with van der Waals surface area (Å²) >= 11 is 2.46. The number of hydrogen-bond donors (Lipinski definition) is 2. The van der Waals surface area contributed by atoms with Gasteiger partial charge in [0.25, 0.3) is 0 Å². The molecule has 4 rings (SSSR count). The Labute approximate surface area is 300 Å². The number of halogens is 1. The molecule has 7 nitrogen and oxygen atoms in total. The largest absolute Gasteiger partial charge is 0.507 e. The van der Waals surface area contributed by atoms with Crippen molar-refractivity contribution in [2.75, 3.05) is 24.2 Å². The van der Waals surface area contributed by atoms with E-state index in [0.29, 0.717) is 35.4 Å². The zero-order valence-electron chi connectivity index (χ0n) is 29.1. The van der Waals surface area contributed by atoms with Crippen LogP contribution in [0.5, 0.6) is 11.5 Å². The number of aromatic nitrogens is 3. The van der Waals surface area contributed by atoms with Gasteiger partial charge in [0, 0.05) is 23.8 Å². The molecule has 0 aliphatic heterocycles. The van der Waals surface area contributed by atoms with Gasteiger partial charge in [0.15, 0.2) is 17.5 Å². The second-order valence-corrected chi connectivity index (χ2v) is 14.0. The van der Waals surface area contributed by atoms with Gasteiger partial charge < -0.3 is 19.7 Å². The minimum Gasteiger partial charge on any atom is -0.507 e. The Morgan fingerprint density at radius 1 is 0.604 bits per heavy atom. The van der Waals surface area contributed by atoms with E-state index in [-0.39, 0.29) is 19.0 Å². The molecule has 1 aromatic heterocycles. The number of phenols is 1. The highest BCUT2D eigenvalue weighted by molar-refractivity contribution is 14.1. The van der Waals surface area contributed by atoms with E-state index in [9.17, 15) is 10.2 Å². The fraction of sp³-hybridized carbons (Fsp3) is 0.475. The normalized spacial score (nSPS) is 12.0. The van der Waals surface area contributed by atoms with Gasteiger partial charge in [-0.25, -0.2) is 15.0 Å². The van der Waals surface area contributed by atoms with E-state index < -0.39 is 6.10 Å². The number of hydrogen-bond acceptors (Lipinski definition) is 7. The Kier molecular flexibility index (Phi) is 15.6. The molecule has 2 N–H and O–H groups in total. The average Bonchev–Trinajstić information content (AvgIpc) is 3.05. The van der Waals surface area contributed by atoms with Crippen LogP contribution in [0, 0.1) is 27.7 Å². The van der Waals surface area contributed by atoms with Crippen molar-refractivity contribution in [2.24, 2.45) is 0 Å². The van der Waals surface area contributed by atoms with Crippen molar-refractivity contribution in [1.29, 1.82) is 0 Å². The standard InChI is InChI=1S/C40H52IN3O4/c1-28-15-18-34(30(3)23-28)38-42-39(35-19-16-29(2)24-31(35)4)44-40(43-38)36-20-17-33(25-37(36)46)48-27-32(45)26-47-22-14-12-10-8-6-5-7-9-11-13-21-41/h15-20,23-25,32,45-46H,5-14,21-22,26-27H2,1-4H3. The number of phenolic OH excluding ortho intramolecular Hbond substituents is 1. The summed E-state index contributed by atoms with van der Waals surface area (Å²) in [5.41, 5.74) is 6.74. The molecule has 1 heterocycles. The first-order chi connectivity index (χ1) is 23.2. The first-order valence-corrected chi connectivity index (χ1v) is 19.0. The molecule has 1 atom stereocenters. The van der Waals surface area contributed by atoms with E-state index in [2.05, 4.69) is 48.6 Å². The molecular formula is C40H52IN3O4. The molecule has 258 valence electrons. The predicted octanol–water partition coefficient (Wildman–Crippen LogP) is 9.90. The number of aryl methyl sites for hydroxylation is 4. The van der Waals surface area contributed by atoms with Crippen LogP contribution in [-0.2, 0) is 4.74 Å². The van der Waals surface area contributed by atoms with E-state index in [1.807, 2.05) is 38.1 Å². The maximum absolute atomic E-state index is 11.1. The fourth-order valence-electron chi connectivity index (χ4n) is 5.83. The van der Waals surface area contributed by atoms with E-state index >= 15 is 0 Å². The van der Waals surface area contributed by atoms with Crippen molar-refractivity contribution in [3.8, 4) is 45.7 Å². The van der Waals surface area contributed by atoms with Gasteiger partial charge in [0.05, 0.1) is 12.2 Å². The number of ether oxygens (including phenoxy) is 2. The zero-order chi connectivity index (χ0) is 34.3. The van der Waals surface area contributed by atoms with E-state index in [4.69, 9.17) is 24.4 Å². The minimum atomic E-state index is -0.761. The number of nitrogens with zero attached hydrogens (tertiary/aromatic N) is 3. The highest BCUT2D eigenvalue weighted by atomic mass is 127. The molecule has 0 saturated heterocycles. The van der Waals surface area contributed by atoms with Crippen LogP contribution >= 0.6 is 22.6 Å². The molecule has 3 aromatic carbocycles. The van der Waals surface area contributed by atoms with Gasteiger partial charge in [0.1, 0.15) is 24.2 Å². The van der Waals surface area contributed by atoms with Crippen molar-refractivity contribution in [3.63, 3.8) is 0 Å². The molecule has 0 aliphatic carbocycles. The number of rotatable bonds is 20. The van der Waals surface area contributed by atoms with Crippen LogP contribution in [0.25, 0.3) is 34.2 Å². The van der Waals surface area contributed by atoms with Gasteiger partial charge in [-0.05, 0) is 68.2 Å². The van der Waals surface area contributed by atoms with Crippen molar-refractivity contribution >= 4 is 22.6 Å². The number of aliphatic hydroxyl groups is 1. The van der Waals surface area contributed by atoms with Crippen molar-refractivity contribution in [1.82, 2.24) is 15.0 Å². The van der Waals surface area contributed by atoms with Gasteiger partial charge in [-0.15, -0.1) is 0 Å². The van der Waals surface area contributed by atoms with E-state index in [0.717, 1.165) is 46.2 Å². The molecule has 8 heteroatoms.